The van der Waals surface area contributed by atoms with Gasteiger partial charge < -0.3 is 5.73 Å². The molecular weight excluding hydrogens is 286 g/mol. The van der Waals surface area contributed by atoms with Gasteiger partial charge in [-0.1, -0.05) is 42.5 Å². The molecule has 2 spiro atoms. The van der Waals surface area contributed by atoms with E-state index < -0.39 is 0 Å². The number of benzene rings is 1. The first kappa shape index (κ1) is 12.5. The third-order valence-corrected chi connectivity index (χ3v) is 9.33. The van der Waals surface area contributed by atoms with E-state index in [1.165, 1.54) is 44.9 Å². The molecule has 0 aliphatic heterocycles. The molecule has 1 nitrogen and oxygen atoms in total. The Morgan fingerprint density at radius 3 is 2.50 bits per heavy atom. The molecule has 5 aliphatic carbocycles. The van der Waals surface area contributed by atoms with E-state index >= 15 is 0 Å². The minimum absolute atomic E-state index is 0.176. The summed E-state index contributed by atoms with van der Waals surface area (Å²) in [6.45, 7) is 0. The van der Waals surface area contributed by atoms with E-state index in [2.05, 4.69) is 30.3 Å². The quantitative estimate of drug-likeness (QED) is 0.829. The molecular formula is C20H23NS. The monoisotopic (exact) mass is 309 g/mol. The molecule has 3 bridgehead atoms. The van der Waals surface area contributed by atoms with E-state index in [0.29, 0.717) is 16.2 Å². The Hall–Kier alpha value is -0.890. The van der Waals surface area contributed by atoms with Crippen molar-refractivity contribution >= 4 is 17.2 Å². The van der Waals surface area contributed by atoms with Gasteiger partial charge in [0.05, 0.1) is 4.99 Å². The molecule has 0 heterocycles. The summed E-state index contributed by atoms with van der Waals surface area (Å²) < 4.78 is 0. The second kappa shape index (κ2) is 3.31. The molecule has 5 aliphatic rings. The van der Waals surface area contributed by atoms with Crippen LogP contribution in [-0.4, -0.2) is 4.99 Å². The first-order chi connectivity index (χ1) is 10.6. The first-order valence-corrected chi connectivity index (χ1v) is 9.33. The zero-order valence-corrected chi connectivity index (χ0v) is 13.8. The van der Waals surface area contributed by atoms with E-state index in [9.17, 15) is 0 Å². The number of hydrogen-bond acceptors (Lipinski definition) is 1. The van der Waals surface area contributed by atoms with Gasteiger partial charge >= 0.3 is 0 Å². The Bertz CT molecular complexity index is 708. The van der Waals surface area contributed by atoms with Crippen LogP contribution in [0.15, 0.2) is 30.3 Å². The summed E-state index contributed by atoms with van der Waals surface area (Å²) in [5, 5.41) is 0. The lowest BCUT2D eigenvalue weighted by Crippen LogP contribution is -2.57. The highest BCUT2D eigenvalue weighted by molar-refractivity contribution is 7.80. The van der Waals surface area contributed by atoms with Crippen molar-refractivity contribution in [2.45, 2.75) is 50.4 Å². The fraction of sp³-hybridized carbons (Fsp3) is 0.650. The second-order valence-corrected chi connectivity index (χ2v) is 9.64. The smallest absolute Gasteiger partial charge is 0.0790 e. The maximum absolute atomic E-state index is 6.35. The summed E-state index contributed by atoms with van der Waals surface area (Å²) >= 11 is 5.63. The Morgan fingerprint density at radius 2 is 1.82 bits per heavy atom. The molecule has 6 rings (SSSR count). The fourth-order valence-corrected chi connectivity index (χ4v) is 8.38. The largest absolute Gasteiger partial charge is 0.393 e. The van der Waals surface area contributed by atoms with Gasteiger partial charge in [-0.05, 0) is 73.2 Å². The van der Waals surface area contributed by atoms with Crippen LogP contribution in [0.1, 0.15) is 50.5 Å². The lowest BCUT2D eigenvalue weighted by molar-refractivity contribution is -0.0580. The summed E-state index contributed by atoms with van der Waals surface area (Å²) in [4.78, 5) is 0.831. The van der Waals surface area contributed by atoms with Crippen molar-refractivity contribution in [3.63, 3.8) is 0 Å². The molecule has 5 fully saturated rings. The van der Waals surface area contributed by atoms with Gasteiger partial charge in [0.1, 0.15) is 0 Å². The molecule has 0 aromatic heterocycles. The van der Waals surface area contributed by atoms with E-state index in [1.807, 2.05) is 0 Å². The second-order valence-electron chi connectivity index (χ2n) is 9.20. The minimum atomic E-state index is 0.176. The van der Waals surface area contributed by atoms with Crippen LogP contribution in [0.25, 0.3) is 0 Å². The van der Waals surface area contributed by atoms with Gasteiger partial charge in [-0.25, -0.2) is 0 Å². The van der Waals surface area contributed by atoms with Crippen LogP contribution in [0.3, 0.4) is 0 Å². The average molecular weight is 309 g/mol. The van der Waals surface area contributed by atoms with E-state index in [1.54, 1.807) is 5.56 Å². The first-order valence-electron chi connectivity index (χ1n) is 8.93. The van der Waals surface area contributed by atoms with E-state index in [-0.39, 0.29) is 5.41 Å². The van der Waals surface area contributed by atoms with Gasteiger partial charge in [0, 0.05) is 10.8 Å². The molecule has 0 amide bonds. The normalized spacial score (nSPS) is 51.6. The maximum Gasteiger partial charge on any atom is 0.0790 e. The molecule has 1 aromatic carbocycles. The van der Waals surface area contributed by atoms with Crippen molar-refractivity contribution in [2.75, 3.05) is 0 Å². The average Bonchev–Trinajstić information content (AvgIpc) is 3.27. The highest BCUT2D eigenvalue weighted by atomic mass is 32.1. The summed E-state index contributed by atoms with van der Waals surface area (Å²) in [5.74, 6) is 1.89. The van der Waals surface area contributed by atoms with Crippen molar-refractivity contribution in [1.82, 2.24) is 0 Å². The number of thiocarbonyl (C=S) groups is 1. The summed E-state index contributed by atoms with van der Waals surface area (Å²) in [6.07, 6.45) is 9.70. The number of fused-ring (bicyclic) bond motifs is 4. The zero-order valence-electron chi connectivity index (χ0n) is 13.0. The number of rotatable bonds is 2. The topological polar surface area (TPSA) is 26.0 Å². The minimum Gasteiger partial charge on any atom is -0.393 e. The van der Waals surface area contributed by atoms with Crippen molar-refractivity contribution in [1.29, 1.82) is 0 Å². The Morgan fingerprint density at radius 1 is 1.05 bits per heavy atom. The van der Waals surface area contributed by atoms with Crippen LogP contribution in [0.2, 0.25) is 0 Å². The highest BCUT2D eigenvalue weighted by Crippen LogP contribution is 2.91. The molecule has 5 atom stereocenters. The van der Waals surface area contributed by atoms with Crippen LogP contribution in [0, 0.1) is 28.1 Å². The van der Waals surface area contributed by atoms with Gasteiger partial charge in [-0.3, -0.25) is 0 Å². The van der Waals surface area contributed by atoms with Crippen LogP contribution >= 0.6 is 12.2 Å². The SMILES string of the molecule is NC(=S)C12CC3CC4(C1)C(CC4(c1ccccc1)C2)C31CC1. The fourth-order valence-electron chi connectivity index (χ4n) is 8.16. The lowest BCUT2D eigenvalue weighted by Gasteiger charge is -2.61. The Kier molecular flexibility index (Phi) is 1.88. The zero-order chi connectivity index (χ0) is 14.8. The summed E-state index contributed by atoms with van der Waals surface area (Å²) in [7, 11) is 0. The lowest BCUT2D eigenvalue weighted by atomic mass is 9.43. The van der Waals surface area contributed by atoms with Crippen molar-refractivity contribution in [3.8, 4) is 0 Å². The van der Waals surface area contributed by atoms with E-state index in [4.69, 9.17) is 18.0 Å². The van der Waals surface area contributed by atoms with Gasteiger partial charge in [0.25, 0.3) is 0 Å². The van der Waals surface area contributed by atoms with Gasteiger partial charge in [0.15, 0.2) is 0 Å². The Labute approximate surface area is 137 Å². The van der Waals surface area contributed by atoms with Gasteiger partial charge in [-0.15, -0.1) is 0 Å². The van der Waals surface area contributed by atoms with Crippen molar-refractivity contribution in [2.24, 2.45) is 33.8 Å². The van der Waals surface area contributed by atoms with Crippen molar-refractivity contribution in [3.05, 3.63) is 35.9 Å². The molecule has 22 heavy (non-hydrogen) atoms. The predicted molar refractivity (Wildman–Crippen MR) is 91.5 cm³/mol. The number of hydrogen-bond donors (Lipinski definition) is 1. The standard InChI is InChI=1S/C20H23NS/c21-16(22)17-8-14-9-20(12-17)15(18(14)6-7-18)10-19(20,11-17)13-4-2-1-3-5-13/h1-5,14-15H,6-12H2,(H2,21,22). The van der Waals surface area contributed by atoms with Crippen molar-refractivity contribution < 1.29 is 0 Å². The van der Waals surface area contributed by atoms with Gasteiger partial charge in [0.2, 0.25) is 0 Å². The highest BCUT2D eigenvalue weighted by Gasteiger charge is 2.85. The molecule has 2 heteroatoms. The molecule has 0 saturated heterocycles. The summed E-state index contributed by atoms with van der Waals surface area (Å²) in [6, 6.07) is 11.4. The molecule has 2 N–H and O–H groups in total. The molecule has 0 radical (unpaired) electrons. The van der Waals surface area contributed by atoms with Crippen LogP contribution < -0.4 is 5.73 Å². The molecule has 5 saturated carbocycles. The maximum atomic E-state index is 6.35. The molecule has 114 valence electrons. The summed E-state index contributed by atoms with van der Waals surface area (Å²) in [5.41, 5.74) is 9.75. The third-order valence-electron chi connectivity index (χ3n) is 8.90. The predicted octanol–water partition coefficient (Wildman–Crippen LogP) is 4.20. The molecule has 1 aromatic rings. The molecule has 5 unspecified atom stereocenters. The third kappa shape index (κ3) is 1.03. The van der Waals surface area contributed by atoms with Crippen LogP contribution in [-0.2, 0) is 5.41 Å². The van der Waals surface area contributed by atoms with Crippen LogP contribution in [0.4, 0.5) is 0 Å². The number of nitrogens with two attached hydrogens (primary N) is 1. The Balaban J connectivity index is 1.59. The van der Waals surface area contributed by atoms with Crippen LogP contribution in [0.5, 0.6) is 0 Å². The van der Waals surface area contributed by atoms with E-state index in [0.717, 1.165) is 16.8 Å². The van der Waals surface area contributed by atoms with Gasteiger partial charge in [-0.2, -0.15) is 0 Å².